The summed E-state index contributed by atoms with van der Waals surface area (Å²) in [5.74, 6) is 0.615. The first-order valence-corrected chi connectivity index (χ1v) is 6.88. The topological polar surface area (TPSA) is 75.7 Å². The van der Waals surface area contributed by atoms with E-state index in [1.165, 1.54) is 0 Å². The molecule has 0 unspecified atom stereocenters. The Hall–Kier alpha value is -1.34. The molecule has 1 fully saturated rings. The minimum Gasteiger partial charge on any atom is -0.381 e. The Morgan fingerprint density at radius 2 is 2.22 bits per heavy atom. The molecule has 1 aliphatic heterocycles. The summed E-state index contributed by atoms with van der Waals surface area (Å²) < 4.78 is 5.38. The molecule has 1 saturated heterocycles. The van der Waals surface area contributed by atoms with Crippen molar-refractivity contribution in [3.63, 3.8) is 0 Å². The quantitative estimate of drug-likeness (QED) is 0.822. The van der Waals surface area contributed by atoms with Crippen LogP contribution in [-0.2, 0) is 4.74 Å². The molecule has 6 nitrogen and oxygen atoms in total. The summed E-state index contributed by atoms with van der Waals surface area (Å²) in [4.78, 5) is 16.1. The van der Waals surface area contributed by atoms with E-state index in [-0.39, 0.29) is 0 Å². The van der Waals surface area contributed by atoms with Crippen molar-refractivity contribution in [2.45, 2.75) is 23.1 Å². The molecule has 96 valence electrons. The van der Waals surface area contributed by atoms with E-state index in [2.05, 4.69) is 25.3 Å². The molecule has 3 heterocycles. The van der Waals surface area contributed by atoms with Gasteiger partial charge in [-0.05, 0) is 12.8 Å². The van der Waals surface area contributed by atoms with Crippen LogP contribution in [0.25, 0.3) is 11.2 Å². The number of hydrogen-bond acceptors (Lipinski definition) is 6. The molecule has 0 amide bonds. The van der Waals surface area contributed by atoms with Crippen molar-refractivity contribution < 1.29 is 4.74 Å². The molecule has 0 spiro atoms. The zero-order chi connectivity index (χ0) is 12.4. The number of H-pyrrole nitrogens is 1. The highest BCUT2D eigenvalue weighted by molar-refractivity contribution is 8.00. The van der Waals surface area contributed by atoms with Gasteiger partial charge in [0, 0.05) is 25.5 Å². The molecule has 1 aliphatic rings. The van der Waals surface area contributed by atoms with Crippen LogP contribution in [0.4, 0.5) is 5.95 Å². The van der Waals surface area contributed by atoms with E-state index in [1.54, 1.807) is 18.1 Å². The van der Waals surface area contributed by atoms with Crippen LogP contribution < -0.4 is 5.32 Å². The van der Waals surface area contributed by atoms with Gasteiger partial charge in [0.2, 0.25) is 5.95 Å². The number of ether oxygens (including phenoxy) is 1. The van der Waals surface area contributed by atoms with E-state index in [0.717, 1.165) is 36.6 Å². The van der Waals surface area contributed by atoms with Crippen LogP contribution in [0.15, 0.2) is 11.4 Å². The van der Waals surface area contributed by atoms with E-state index in [0.29, 0.717) is 16.8 Å². The van der Waals surface area contributed by atoms with Gasteiger partial charge < -0.3 is 15.0 Å². The van der Waals surface area contributed by atoms with Gasteiger partial charge >= 0.3 is 0 Å². The van der Waals surface area contributed by atoms with Crippen LogP contribution in [0.5, 0.6) is 0 Å². The Bertz CT molecular complexity index is 537. The molecule has 3 rings (SSSR count). The zero-order valence-electron chi connectivity index (χ0n) is 10.1. The maximum atomic E-state index is 5.38. The zero-order valence-corrected chi connectivity index (χ0v) is 11.0. The predicted molar refractivity (Wildman–Crippen MR) is 70.9 cm³/mol. The molecule has 2 aromatic heterocycles. The van der Waals surface area contributed by atoms with Crippen molar-refractivity contribution in [1.82, 2.24) is 19.9 Å². The van der Waals surface area contributed by atoms with Gasteiger partial charge in [0.1, 0.15) is 10.5 Å². The van der Waals surface area contributed by atoms with E-state index >= 15 is 0 Å². The van der Waals surface area contributed by atoms with E-state index in [1.807, 2.05) is 7.05 Å². The lowest BCUT2D eigenvalue weighted by Gasteiger charge is -2.21. The Balaban J connectivity index is 1.91. The van der Waals surface area contributed by atoms with E-state index in [4.69, 9.17) is 4.74 Å². The lowest BCUT2D eigenvalue weighted by Crippen LogP contribution is -2.17. The highest BCUT2D eigenvalue weighted by Gasteiger charge is 2.18. The van der Waals surface area contributed by atoms with Gasteiger partial charge in [-0.1, -0.05) is 0 Å². The molecule has 0 atom stereocenters. The van der Waals surface area contributed by atoms with Crippen LogP contribution >= 0.6 is 11.8 Å². The number of aromatic amines is 1. The number of imidazole rings is 1. The number of rotatable bonds is 3. The first-order chi connectivity index (χ1) is 8.86. The predicted octanol–water partition coefficient (Wildman–Crippen LogP) is 1.67. The van der Waals surface area contributed by atoms with E-state index < -0.39 is 0 Å². The lowest BCUT2D eigenvalue weighted by molar-refractivity contribution is 0.1000. The van der Waals surface area contributed by atoms with Crippen LogP contribution in [0, 0.1) is 0 Å². The highest BCUT2D eigenvalue weighted by Crippen LogP contribution is 2.32. The summed E-state index contributed by atoms with van der Waals surface area (Å²) in [5, 5.41) is 4.50. The summed E-state index contributed by atoms with van der Waals surface area (Å²) in [6, 6.07) is 0. The van der Waals surface area contributed by atoms with Crippen molar-refractivity contribution >= 4 is 28.9 Å². The SMILES string of the molecule is CNc1nc(SC2CCOCC2)c2[nH]cnc2n1. The Kier molecular flexibility index (Phi) is 3.33. The van der Waals surface area contributed by atoms with Gasteiger partial charge in [-0.3, -0.25) is 0 Å². The van der Waals surface area contributed by atoms with Crippen molar-refractivity contribution in [2.75, 3.05) is 25.6 Å². The van der Waals surface area contributed by atoms with Crippen LogP contribution in [0.3, 0.4) is 0 Å². The Morgan fingerprint density at radius 1 is 1.39 bits per heavy atom. The van der Waals surface area contributed by atoms with Gasteiger partial charge in [-0.25, -0.2) is 9.97 Å². The molecule has 0 bridgehead atoms. The third-order valence-electron chi connectivity index (χ3n) is 2.92. The minimum absolute atomic E-state index is 0.560. The molecular formula is C11H15N5OS. The van der Waals surface area contributed by atoms with Crippen molar-refractivity contribution in [3.8, 4) is 0 Å². The van der Waals surface area contributed by atoms with Crippen molar-refractivity contribution in [1.29, 1.82) is 0 Å². The second kappa shape index (κ2) is 5.11. The molecule has 0 saturated carbocycles. The third-order valence-corrected chi connectivity index (χ3v) is 4.25. The second-order valence-electron chi connectivity index (χ2n) is 4.13. The Morgan fingerprint density at radius 3 is 3.00 bits per heavy atom. The number of nitrogens with zero attached hydrogens (tertiary/aromatic N) is 3. The molecule has 7 heteroatoms. The summed E-state index contributed by atoms with van der Waals surface area (Å²) in [7, 11) is 1.82. The smallest absolute Gasteiger partial charge is 0.225 e. The average molecular weight is 265 g/mol. The number of nitrogens with one attached hydrogen (secondary N) is 2. The number of aromatic nitrogens is 4. The first-order valence-electron chi connectivity index (χ1n) is 6.00. The normalized spacial score (nSPS) is 17.2. The maximum absolute atomic E-state index is 5.38. The van der Waals surface area contributed by atoms with Gasteiger partial charge in [-0.15, -0.1) is 11.8 Å². The summed E-state index contributed by atoms with van der Waals surface area (Å²) in [6.45, 7) is 1.68. The lowest BCUT2D eigenvalue weighted by atomic mass is 10.2. The largest absolute Gasteiger partial charge is 0.381 e. The number of fused-ring (bicyclic) bond motifs is 1. The van der Waals surface area contributed by atoms with Gasteiger partial charge in [0.05, 0.1) is 6.33 Å². The summed E-state index contributed by atoms with van der Waals surface area (Å²) in [5.41, 5.74) is 1.63. The van der Waals surface area contributed by atoms with Gasteiger partial charge in [-0.2, -0.15) is 4.98 Å². The minimum atomic E-state index is 0.560. The van der Waals surface area contributed by atoms with Crippen LogP contribution in [0.2, 0.25) is 0 Å². The van der Waals surface area contributed by atoms with Crippen molar-refractivity contribution in [3.05, 3.63) is 6.33 Å². The summed E-state index contributed by atoms with van der Waals surface area (Å²) >= 11 is 1.79. The monoisotopic (exact) mass is 265 g/mol. The first kappa shape index (κ1) is 11.7. The molecule has 0 aliphatic carbocycles. The second-order valence-corrected chi connectivity index (χ2v) is 5.42. The molecule has 2 aromatic rings. The number of thioether (sulfide) groups is 1. The molecule has 0 aromatic carbocycles. The van der Waals surface area contributed by atoms with Crippen LogP contribution in [0.1, 0.15) is 12.8 Å². The van der Waals surface area contributed by atoms with Crippen molar-refractivity contribution in [2.24, 2.45) is 0 Å². The average Bonchev–Trinajstić information content (AvgIpc) is 2.88. The van der Waals surface area contributed by atoms with E-state index in [9.17, 15) is 0 Å². The molecule has 0 radical (unpaired) electrons. The number of hydrogen-bond donors (Lipinski definition) is 2. The Labute approximate surface area is 109 Å². The molecule has 18 heavy (non-hydrogen) atoms. The summed E-state index contributed by atoms with van der Waals surface area (Å²) in [6.07, 6.45) is 3.80. The maximum Gasteiger partial charge on any atom is 0.225 e. The third kappa shape index (κ3) is 2.28. The fourth-order valence-corrected chi connectivity index (χ4v) is 3.11. The molecule has 2 N–H and O–H groups in total. The van der Waals surface area contributed by atoms with Gasteiger partial charge in [0.25, 0.3) is 0 Å². The number of anilines is 1. The molecular weight excluding hydrogens is 250 g/mol. The fraction of sp³-hybridized carbons (Fsp3) is 0.545. The van der Waals surface area contributed by atoms with Gasteiger partial charge in [0.15, 0.2) is 5.65 Å². The standard InChI is InChI=1S/C11H15N5OS/c1-12-11-15-9-8(13-6-14-9)10(16-11)18-7-2-4-17-5-3-7/h6-7H,2-5H2,1H3,(H2,12,13,14,15,16). The fourth-order valence-electron chi connectivity index (χ4n) is 1.96. The van der Waals surface area contributed by atoms with Crippen LogP contribution in [-0.4, -0.2) is 45.4 Å². The highest BCUT2D eigenvalue weighted by atomic mass is 32.2.